The predicted octanol–water partition coefficient (Wildman–Crippen LogP) is 3.49. The minimum atomic E-state index is -0.182. The molecule has 0 spiro atoms. The number of hydrogen-bond acceptors (Lipinski definition) is 4. The van der Waals surface area contributed by atoms with Gasteiger partial charge in [-0.15, -0.1) is 11.3 Å². The van der Waals surface area contributed by atoms with Crippen molar-refractivity contribution in [2.45, 2.75) is 26.2 Å². The molecule has 0 bridgehead atoms. The maximum absolute atomic E-state index is 12.1. The molecule has 6 heteroatoms. The van der Waals surface area contributed by atoms with Crippen molar-refractivity contribution in [3.63, 3.8) is 0 Å². The molecule has 19 heavy (non-hydrogen) atoms. The summed E-state index contributed by atoms with van der Waals surface area (Å²) in [5, 5.41) is 2.83. The van der Waals surface area contributed by atoms with Crippen LogP contribution in [-0.2, 0) is 6.42 Å². The lowest BCUT2D eigenvalue weighted by Crippen LogP contribution is -2.26. The van der Waals surface area contributed by atoms with Crippen molar-refractivity contribution in [3.05, 3.63) is 39.2 Å². The average molecular weight is 299 g/mol. The molecule has 0 radical (unpaired) electrons. The Morgan fingerprint density at radius 1 is 1.58 bits per heavy atom. The molecule has 4 nitrogen and oxygen atoms in total. The van der Waals surface area contributed by atoms with E-state index in [9.17, 15) is 4.79 Å². The molecule has 1 N–H and O–H groups in total. The van der Waals surface area contributed by atoms with E-state index in [-0.39, 0.29) is 11.8 Å². The molecule has 0 aromatic carbocycles. The first kappa shape index (κ1) is 14.1. The van der Waals surface area contributed by atoms with E-state index in [1.54, 1.807) is 6.26 Å². The van der Waals surface area contributed by atoms with E-state index in [4.69, 9.17) is 16.0 Å². The summed E-state index contributed by atoms with van der Waals surface area (Å²) in [6, 6.07) is 3.71. The lowest BCUT2D eigenvalue weighted by molar-refractivity contribution is 0.0948. The van der Waals surface area contributed by atoms with E-state index in [0.29, 0.717) is 23.1 Å². The van der Waals surface area contributed by atoms with E-state index in [1.807, 2.05) is 26.0 Å². The van der Waals surface area contributed by atoms with E-state index < -0.39 is 0 Å². The maximum Gasteiger partial charge on any atom is 0.271 e. The summed E-state index contributed by atoms with van der Waals surface area (Å²) < 4.78 is 5.60. The molecule has 2 aromatic heterocycles. The van der Waals surface area contributed by atoms with E-state index in [1.165, 1.54) is 11.3 Å². The molecule has 0 fully saturated rings. The van der Waals surface area contributed by atoms with E-state index in [0.717, 1.165) is 10.6 Å². The number of aromatic nitrogens is 1. The first-order chi connectivity index (χ1) is 9.08. The zero-order valence-corrected chi connectivity index (χ0v) is 12.3. The fourth-order valence-corrected chi connectivity index (χ4v) is 2.82. The fraction of sp³-hybridized carbons (Fsp3) is 0.385. The van der Waals surface area contributed by atoms with Gasteiger partial charge in [-0.3, -0.25) is 4.79 Å². The molecule has 2 heterocycles. The third-order valence-corrected chi connectivity index (χ3v) is 4.06. The summed E-state index contributed by atoms with van der Waals surface area (Å²) in [6.45, 7) is 4.55. The molecule has 0 aliphatic rings. The molecule has 2 rings (SSSR count). The van der Waals surface area contributed by atoms with E-state index in [2.05, 4.69) is 10.3 Å². The molecule has 2 aromatic rings. The van der Waals surface area contributed by atoms with Gasteiger partial charge in [-0.2, -0.15) is 0 Å². The molecule has 102 valence electrons. The Morgan fingerprint density at radius 2 is 2.37 bits per heavy atom. The van der Waals surface area contributed by atoms with Crippen LogP contribution in [0.25, 0.3) is 0 Å². The molecule has 0 unspecified atom stereocenters. The summed E-state index contributed by atoms with van der Waals surface area (Å²) in [4.78, 5) is 17.1. The highest BCUT2D eigenvalue weighted by molar-refractivity contribution is 7.16. The molecule has 0 atom stereocenters. The van der Waals surface area contributed by atoms with Crippen LogP contribution in [-0.4, -0.2) is 17.4 Å². The van der Waals surface area contributed by atoms with Gasteiger partial charge in [0.2, 0.25) is 0 Å². The smallest absolute Gasteiger partial charge is 0.271 e. The fourth-order valence-electron chi connectivity index (χ4n) is 1.70. The SMILES string of the molecule is CC(C)c1sc(Cl)nc1C(=O)NCCc1ccco1. The van der Waals surface area contributed by atoms with Crippen molar-refractivity contribution in [1.29, 1.82) is 0 Å². The van der Waals surface area contributed by atoms with Crippen molar-refractivity contribution < 1.29 is 9.21 Å². The van der Waals surface area contributed by atoms with Crippen LogP contribution in [0.5, 0.6) is 0 Å². The summed E-state index contributed by atoms with van der Waals surface area (Å²) in [7, 11) is 0. The molecule has 0 saturated heterocycles. The second-order valence-corrected chi connectivity index (χ2v) is 6.03. The number of rotatable bonds is 5. The third-order valence-electron chi connectivity index (χ3n) is 2.60. The van der Waals surface area contributed by atoms with Gasteiger partial charge in [0.1, 0.15) is 11.5 Å². The minimum absolute atomic E-state index is 0.182. The number of thiazole rings is 1. The van der Waals surface area contributed by atoms with Crippen LogP contribution in [0, 0.1) is 0 Å². The molecule has 1 amide bonds. The van der Waals surface area contributed by atoms with Gasteiger partial charge in [0, 0.05) is 17.8 Å². The third kappa shape index (κ3) is 3.58. The average Bonchev–Trinajstić information content (AvgIpc) is 2.98. The Kier molecular flexibility index (Phi) is 4.61. The number of amides is 1. The molecular weight excluding hydrogens is 284 g/mol. The Labute approximate surface area is 120 Å². The molecule has 0 saturated carbocycles. The lowest BCUT2D eigenvalue weighted by Gasteiger charge is -2.06. The highest BCUT2D eigenvalue weighted by Gasteiger charge is 2.19. The Balaban J connectivity index is 1.96. The zero-order valence-electron chi connectivity index (χ0n) is 10.8. The zero-order chi connectivity index (χ0) is 13.8. The van der Waals surface area contributed by atoms with Gasteiger partial charge in [0.25, 0.3) is 5.91 Å². The summed E-state index contributed by atoms with van der Waals surface area (Å²) in [6.07, 6.45) is 2.28. The van der Waals surface area contributed by atoms with Crippen molar-refractivity contribution in [2.24, 2.45) is 0 Å². The van der Waals surface area contributed by atoms with Crippen molar-refractivity contribution in [2.75, 3.05) is 6.54 Å². The quantitative estimate of drug-likeness (QED) is 0.919. The van der Waals surface area contributed by atoms with Crippen molar-refractivity contribution >= 4 is 28.8 Å². The van der Waals surface area contributed by atoms with Crippen molar-refractivity contribution in [1.82, 2.24) is 10.3 Å². The van der Waals surface area contributed by atoms with Gasteiger partial charge in [-0.1, -0.05) is 25.4 Å². The molecule has 0 aliphatic heterocycles. The number of carbonyl (C=O) groups excluding carboxylic acids is 1. The lowest BCUT2D eigenvalue weighted by atomic mass is 10.1. The number of halogens is 1. The number of nitrogens with zero attached hydrogens (tertiary/aromatic N) is 1. The van der Waals surface area contributed by atoms with Gasteiger partial charge in [-0.25, -0.2) is 4.98 Å². The van der Waals surface area contributed by atoms with Crippen LogP contribution in [0.1, 0.15) is 40.9 Å². The largest absolute Gasteiger partial charge is 0.469 e. The standard InChI is InChI=1S/C13H15ClN2O2S/c1-8(2)11-10(16-13(14)19-11)12(17)15-6-5-9-4-3-7-18-9/h3-4,7-8H,5-6H2,1-2H3,(H,15,17). The van der Waals surface area contributed by atoms with Crippen LogP contribution in [0.4, 0.5) is 0 Å². The van der Waals surface area contributed by atoms with Crippen LogP contribution in [0.2, 0.25) is 4.47 Å². The summed E-state index contributed by atoms with van der Waals surface area (Å²) in [5.74, 6) is 0.898. The normalized spacial score (nSPS) is 10.9. The highest BCUT2D eigenvalue weighted by atomic mass is 35.5. The highest BCUT2D eigenvalue weighted by Crippen LogP contribution is 2.29. The second-order valence-electron chi connectivity index (χ2n) is 4.42. The van der Waals surface area contributed by atoms with E-state index >= 15 is 0 Å². The van der Waals surface area contributed by atoms with Crippen LogP contribution in [0.3, 0.4) is 0 Å². The number of carbonyl (C=O) groups is 1. The van der Waals surface area contributed by atoms with Crippen LogP contribution < -0.4 is 5.32 Å². The van der Waals surface area contributed by atoms with Crippen LogP contribution in [0.15, 0.2) is 22.8 Å². The Bertz CT molecular complexity index is 549. The van der Waals surface area contributed by atoms with Gasteiger partial charge in [-0.05, 0) is 18.1 Å². The van der Waals surface area contributed by atoms with Crippen molar-refractivity contribution in [3.8, 4) is 0 Å². The Hall–Kier alpha value is -1.33. The van der Waals surface area contributed by atoms with Gasteiger partial charge in [0.05, 0.1) is 6.26 Å². The Morgan fingerprint density at radius 3 is 3.00 bits per heavy atom. The first-order valence-electron chi connectivity index (χ1n) is 6.04. The second kappa shape index (κ2) is 6.21. The summed E-state index contributed by atoms with van der Waals surface area (Å²) >= 11 is 7.24. The number of nitrogens with one attached hydrogen (secondary N) is 1. The number of hydrogen-bond donors (Lipinski definition) is 1. The van der Waals surface area contributed by atoms with Gasteiger partial charge >= 0.3 is 0 Å². The summed E-state index contributed by atoms with van der Waals surface area (Å²) in [5.41, 5.74) is 0.435. The molecule has 0 aliphatic carbocycles. The minimum Gasteiger partial charge on any atom is -0.469 e. The van der Waals surface area contributed by atoms with Gasteiger partial charge < -0.3 is 9.73 Å². The van der Waals surface area contributed by atoms with Gasteiger partial charge in [0.15, 0.2) is 4.47 Å². The molecular formula is C13H15ClN2O2S. The monoisotopic (exact) mass is 298 g/mol. The number of furan rings is 1. The van der Waals surface area contributed by atoms with Crippen LogP contribution >= 0.6 is 22.9 Å². The topological polar surface area (TPSA) is 55.1 Å². The first-order valence-corrected chi connectivity index (χ1v) is 7.24. The maximum atomic E-state index is 12.1. The predicted molar refractivity (Wildman–Crippen MR) is 76.0 cm³/mol.